The molecule has 2 aliphatic rings. The van der Waals surface area contributed by atoms with Crippen LogP contribution in [0.25, 0.3) is 11.1 Å². The quantitative estimate of drug-likeness (QED) is 0.775. The van der Waals surface area contributed by atoms with E-state index in [1.807, 2.05) is 26.0 Å². The van der Waals surface area contributed by atoms with Crippen molar-refractivity contribution in [2.24, 2.45) is 0 Å². The van der Waals surface area contributed by atoms with Gasteiger partial charge in [-0.05, 0) is 86.9 Å². The highest BCUT2D eigenvalue weighted by Gasteiger charge is 2.49. The van der Waals surface area contributed by atoms with Gasteiger partial charge in [0.2, 0.25) is 5.88 Å². The van der Waals surface area contributed by atoms with E-state index in [1.165, 1.54) is 11.1 Å². The first-order valence-electron chi connectivity index (χ1n) is 9.96. The Hall–Kier alpha value is -2.62. The Morgan fingerprint density at radius 1 is 1.25 bits per heavy atom. The number of aromatic nitrogens is 1. The average Bonchev–Trinajstić information content (AvgIpc) is 3.16. The Labute approximate surface area is 167 Å². The Morgan fingerprint density at radius 3 is 2.71 bits per heavy atom. The topological polar surface area (TPSA) is 51.2 Å². The number of nitrogens with zero attached hydrogens (tertiary/aromatic N) is 1. The van der Waals surface area contributed by atoms with Gasteiger partial charge in [-0.25, -0.2) is 4.98 Å². The summed E-state index contributed by atoms with van der Waals surface area (Å²) in [6, 6.07) is 6.19. The highest BCUT2D eigenvalue weighted by atomic mass is 16.5. The minimum Gasteiger partial charge on any atom is -0.481 e. The molecule has 28 heavy (non-hydrogen) atoms. The van der Waals surface area contributed by atoms with Crippen LogP contribution in [-0.2, 0) is 23.1 Å². The van der Waals surface area contributed by atoms with Crippen molar-refractivity contribution in [1.82, 2.24) is 4.98 Å². The van der Waals surface area contributed by atoms with Gasteiger partial charge in [0.1, 0.15) is 0 Å². The number of methoxy groups -OCH3 is 1. The normalized spacial score (nSPS) is 22.2. The van der Waals surface area contributed by atoms with Crippen LogP contribution in [0.3, 0.4) is 0 Å². The largest absolute Gasteiger partial charge is 0.481 e. The number of ketones is 1. The fourth-order valence-electron chi connectivity index (χ4n) is 5.03. The van der Waals surface area contributed by atoms with E-state index in [0.29, 0.717) is 12.3 Å². The van der Waals surface area contributed by atoms with Crippen LogP contribution in [-0.4, -0.2) is 23.4 Å². The maximum Gasteiger partial charge on any atom is 0.221 e. The number of anilines is 1. The SMILES string of the molecule is C=CCC1(C)C(=O)C(C)(C)Nc2c1cc(-c1cccnc1OC)c1c2CCC1. The van der Waals surface area contributed by atoms with Crippen molar-refractivity contribution in [2.45, 2.75) is 57.4 Å². The van der Waals surface area contributed by atoms with Crippen molar-refractivity contribution in [1.29, 1.82) is 0 Å². The molecular formula is C24H28N2O2. The number of carbonyl (C=O) groups is 1. The molecule has 1 unspecified atom stereocenters. The summed E-state index contributed by atoms with van der Waals surface area (Å²) in [5.41, 5.74) is 5.83. The lowest BCUT2D eigenvalue weighted by Crippen LogP contribution is -2.55. The maximum absolute atomic E-state index is 13.4. The summed E-state index contributed by atoms with van der Waals surface area (Å²) in [6.45, 7) is 9.96. The molecule has 4 nitrogen and oxygen atoms in total. The molecule has 0 amide bonds. The minimum atomic E-state index is -0.604. The molecule has 4 rings (SSSR count). The molecule has 1 aliphatic heterocycles. The Morgan fingerprint density at radius 2 is 2.00 bits per heavy atom. The minimum absolute atomic E-state index is 0.203. The van der Waals surface area contributed by atoms with Gasteiger partial charge in [0.05, 0.1) is 18.1 Å². The molecule has 2 aromatic rings. The van der Waals surface area contributed by atoms with Crippen molar-refractivity contribution in [3.05, 3.63) is 53.7 Å². The third-order valence-corrected chi connectivity index (χ3v) is 6.31. The molecule has 0 spiro atoms. The number of nitrogens with one attached hydrogen (secondary N) is 1. The number of fused-ring (bicyclic) bond motifs is 3. The Kier molecular flexibility index (Phi) is 4.33. The van der Waals surface area contributed by atoms with Gasteiger partial charge in [0.15, 0.2) is 5.78 Å². The molecule has 0 saturated carbocycles. The highest BCUT2D eigenvalue weighted by molar-refractivity contribution is 6.04. The number of allylic oxidation sites excluding steroid dienone is 1. The standard InChI is InChI=1S/C24H28N2O2/c1-6-12-24(4)19-14-18(17-11-8-13-25-21(17)28-5)15-9-7-10-16(15)20(19)26-23(2,3)22(24)27/h6,8,11,13-14,26H,1,7,9-10,12H2,2-5H3. The third-order valence-electron chi connectivity index (χ3n) is 6.31. The molecule has 1 aliphatic carbocycles. The first kappa shape index (κ1) is 18.7. The van der Waals surface area contributed by atoms with Crippen LogP contribution >= 0.6 is 0 Å². The summed E-state index contributed by atoms with van der Waals surface area (Å²) >= 11 is 0. The highest BCUT2D eigenvalue weighted by Crippen LogP contribution is 2.50. The Bertz CT molecular complexity index is 977. The van der Waals surface area contributed by atoms with Crippen molar-refractivity contribution in [3.63, 3.8) is 0 Å². The van der Waals surface area contributed by atoms with Gasteiger partial charge in [0, 0.05) is 17.4 Å². The maximum atomic E-state index is 13.4. The molecule has 4 heteroatoms. The van der Waals surface area contributed by atoms with Crippen molar-refractivity contribution >= 4 is 11.5 Å². The van der Waals surface area contributed by atoms with E-state index in [-0.39, 0.29) is 5.78 Å². The van der Waals surface area contributed by atoms with E-state index >= 15 is 0 Å². The lowest BCUT2D eigenvalue weighted by Gasteiger charge is -2.44. The number of Topliss-reactive ketones (excluding diaryl/α,β-unsaturated/α-hetero) is 1. The average molecular weight is 377 g/mol. The van der Waals surface area contributed by atoms with Crippen LogP contribution < -0.4 is 10.1 Å². The number of pyridine rings is 1. The first-order valence-corrected chi connectivity index (χ1v) is 9.96. The Balaban J connectivity index is 2.04. The molecule has 0 radical (unpaired) electrons. The van der Waals surface area contributed by atoms with Gasteiger partial charge in [-0.15, -0.1) is 6.58 Å². The summed E-state index contributed by atoms with van der Waals surface area (Å²) in [5, 5.41) is 3.58. The lowest BCUT2D eigenvalue weighted by atomic mass is 9.65. The molecule has 1 N–H and O–H groups in total. The zero-order valence-corrected chi connectivity index (χ0v) is 17.2. The van der Waals surface area contributed by atoms with Gasteiger partial charge in [0.25, 0.3) is 0 Å². The molecule has 146 valence electrons. The predicted molar refractivity (Wildman–Crippen MR) is 113 cm³/mol. The molecule has 1 atom stereocenters. The van der Waals surface area contributed by atoms with Crippen LogP contribution in [0.5, 0.6) is 5.88 Å². The van der Waals surface area contributed by atoms with Crippen LogP contribution in [0.2, 0.25) is 0 Å². The van der Waals surface area contributed by atoms with Crippen molar-refractivity contribution in [3.8, 4) is 17.0 Å². The molecule has 0 bridgehead atoms. The predicted octanol–water partition coefficient (Wildman–Crippen LogP) is 4.85. The summed E-state index contributed by atoms with van der Waals surface area (Å²) in [5.74, 6) is 0.826. The lowest BCUT2D eigenvalue weighted by molar-refractivity contribution is -0.128. The summed E-state index contributed by atoms with van der Waals surface area (Å²) in [7, 11) is 1.65. The first-order chi connectivity index (χ1) is 13.3. The number of hydrogen-bond acceptors (Lipinski definition) is 4. The van der Waals surface area contributed by atoms with Crippen LogP contribution in [0.4, 0.5) is 5.69 Å². The second kappa shape index (κ2) is 6.47. The van der Waals surface area contributed by atoms with Gasteiger partial charge in [-0.1, -0.05) is 6.08 Å². The van der Waals surface area contributed by atoms with E-state index < -0.39 is 11.0 Å². The third kappa shape index (κ3) is 2.58. The summed E-state index contributed by atoms with van der Waals surface area (Å²) < 4.78 is 5.55. The van der Waals surface area contributed by atoms with Crippen LogP contribution in [0, 0.1) is 0 Å². The summed E-state index contributed by atoms with van der Waals surface area (Å²) in [4.78, 5) is 17.8. The van der Waals surface area contributed by atoms with Crippen molar-refractivity contribution in [2.75, 3.05) is 12.4 Å². The monoisotopic (exact) mass is 376 g/mol. The van der Waals surface area contributed by atoms with E-state index in [9.17, 15) is 4.79 Å². The van der Waals surface area contributed by atoms with Crippen molar-refractivity contribution < 1.29 is 9.53 Å². The van der Waals surface area contributed by atoms with E-state index in [0.717, 1.165) is 41.6 Å². The number of carbonyl (C=O) groups excluding carboxylic acids is 1. The fourth-order valence-corrected chi connectivity index (χ4v) is 5.03. The van der Waals surface area contributed by atoms with Crippen LogP contribution in [0.15, 0.2) is 37.1 Å². The molecular weight excluding hydrogens is 348 g/mol. The second-order valence-electron chi connectivity index (χ2n) is 8.62. The second-order valence-corrected chi connectivity index (χ2v) is 8.62. The smallest absolute Gasteiger partial charge is 0.221 e. The zero-order chi connectivity index (χ0) is 20.1. The van der Waals surface area contributed by atoms with E-state index in [4.69, 9.17) is 4.74 Å². The van der Waals surface area contributed by atoms with E-state index in [2.05, 4.69) is 35.9 Å². The number of ether oxygens (including phenoxy) is 1. The number of hydrogen-bond donors (Lipinski definition) is 1. The number of benzene rings is 1. The fraction of sp³-hybridized carbons (Fsp3) is 0.417. The van der Waals surface area contributed by atoms with Gasteiger partial charge in [-0.3, -0.25) is 4.79 Å². The molecule has 1 aromatic heterocycles. The van der Waals surface area contributed by atoms with Gasteiger partial charge >= 0.3 is 0 Å². The zero-order valence-electron chi connectivity index (χ0n) is 17.2. The van der Waals surface area contributed by atoms with Crippen LogP contribution in [0.1, 0.15) is 50.3 Å². The molecule has 2 heterocycles. The van der Waals surface area contributed by atoms with Gasteiger partial charge in [-0.2, -0.15) is 0 Å². The summed E-state index contributed by atoms with van der Waals surface area (Å²) in [6.07, 6.45) is 7.40. The van der Waals surface area contributed by atoms with E-state index in [1.54, 1.807) is 13.3 Å². The van der Waals surface area contributed by atoms with Gasteiger partial charge < -0.3 is 10.1 Å². The number of rotatable bonds is 4. The molecule has 0 saturated heterocycles. The molecule has 0 fully saturated rings. The molecule has 1 aromatic carbocycles.